The lowest BCUT2D eigenvalue weighted by atomic mass is 10.2. The maximum atomic E-state index is 12.5. The van der Waals surface area contributed by atoms with Gasteiger partial charge < -0.3 is 5.32 Å². The van der Waals surface area contributed by atoms with E-state index < -0.39 is 10.0 Å². The number of carbonyl (C=O) groups is 1. The van der Waals surface area contributed by atoms with Crippen LogP contribution in [0, 0.1) is 0 Å². The van der Waals surface area contributed by atoms with Crippen LogP contribution in [-0.4, -0.2) is 41.5 Å². The smallest absolute Gasteiger partial charge is 0.256 e. The van der Waals surface area contributed by atoms with Crippen molar-refractivity contribution in [3.63, 3.8) is 0 Å². The van der Waals surface area contributed by atoms with Crippen LogP contribution in [0.2, 0.25) is 0 Å². The maximum absolute atomic E-state index is 12.5. The number of hydrogen-bond donors (Lipinski definition) is 1. The molecule has 0 saturated carbocycles. The molecule has 0 aliphatic rings. The highest BCUT2D eigenvalue weighted by Crippen LogP contribution is 2.19. The van der Waals surface area contributed by atoms with Crippen molar-refractivity contribution in [3.05, 3.63) is 42.1 Å². The van der Waals surface area contributed by atoms with Gasteiger partial charge >= 0.3 is 0 Å². The normalized spacial score (nSPS) is 13.0. The van der Waals surface area contributed by atoms with Gasteiger partial charge in [0.2, 0.25) is 10.0 Å². The van der Waals surface area contributed by atoms with Crippen LogP contribution in [0.15, 0.2) is 41.4 Å². The SMILES string of the molecule is CCC(C)n1nccc1NC(=O)c1ccc(S(=O)(=O)N(CC)CC)cc1. The second-order valence-corrected chi connectivity index (χ2v) is 7.92. The van der Waals surface area contributed by atoms with Crippen molar-refractivity contribution in [2.45, 2.75) is 45.1 Å². The van der Waals surface area contributed by atoms with Crippen molar-refractivity contribution in [1.29, 1.82) is 0 Å². The van der Waals surface area contributed by atoms with Gasteiger partial charge in [0, 0.05) is 24.7 Å². The lowest BCUT2D eigenvalue weighted by Crippen LogP contribution is -2.30. The number of carbonyl (C=O) groups excluding carboxylic acids is 1. The van der Waals surface area contributed by atoms with Crippen LogP contribution in [0.1, 0.15) is 50.5 Å². The number of anilines is 1. The summed E-state index contributed by atoms with van der Waals surface area (Å²) >= 11 is 0. The summed E-state index contributed by atoms with van der Waals surface area (Å²) < 4.78 is 28.1. The molecule has 1 aromatic heterocycles. The van der Waals surface area contributed by atoms with E-state index in [2.05, 4.69) is 10.4 Å². The Morgan fingerprint density at radius 3 is 2.31 bits per heavy atom. The van der Waals surface area contributed by atoms with Crippen molar-refractivity contribution in [2.75, 3.05) is 18.4 Å². The summed E-state index contributed by atoms with van der Waals surface area (Å²) in [6.45, 7) is 8.47. The Kier molecular flexibility index (Phi) is 6.55. The van der Waals surface area contributed by atoms with Gasteiger partial charge in [0.25, 0.3) is 5.91 Å². The van der Waals surface area contributed by atoms with Crippen molar-refractivity contribution in [2.24, 2.45) is 0 Å². The van der Waals surface area contributed by atoms with Gasteiger partial charge in [0.1, 0.15) is 5.82 Å². The minimum Gasteiger partial charge on any atom is -0.307 e. The first kappa shape index (κ1) is 20.1. The van der Waals surface area contributed by atoms with Gasteiger partial charge in [-0.15, -0.1) is 0 Å². The number of aromatic nitrogens is 2. The van der Waals surface area contributed by atoms with Crippen molar-refractivity contribution < 1.29 is 13.2 Å². The lowest BCUT2D eigenvalue weighted by Gasteiger charge is -2.18. The Morgan fingerprint density at radius 1 is 1.15 bits per heavy atom. The number of rotatable bonds is 8. The molecule has 142 valence electrons. The number of benzene rings is 1. The maximum Gasteiger partial charge on any atom is 0.256 e. The Morgan fingerprint density at radius 2 is 1.77 bits per heavy atom. The molecule has 7 nitrogen and oxygen atoms in total. The van der Waals surface area contributed by atoms with Crippen molar-refractivity contribution in [3.8, 4) is 0 Å². The second kappa shape index (κ2) is 8.46. The third kappa shape index (κ3) is 4.13. The van der Waals surface area contributed by atoms with E-state index in [-0.39, 0.29) is 16.8 Å². The Labute approximate surface area is 155 Å². The van der Waals surface area contributed by atoms with E-state index in [0.717, 1.165) is 6.42 Å². The molecular formula is C18H26N4O3S. The van der Waals surface area contributed by atoms with E-state index in [4.69, 9.17) is 0 Å². The summed E-state index contributed by atoms with van der Waals surface area (Å²) in [5.74, 6) is 0.311. The molecule has 26 heavy (non-hydrogen) atoms. The average molecular weight is 378 g/mol. The fourth-order valence-corrected chi connectivity index (χ4v) is 4.07. The zero-order valence-electron chi connectivity index (χ0n) is 15.6. The van der Waals surface area contributed by atoms with Crippen LogP contribution in [0.5, 0.6) is 0 Å². The van der Waals surface area contributed by atoms with Gasteiger partial charge in [-0.1, -0.05) is 20.8 Å². The second-order valence-electron chi connectivity index (χ2n) is 5.99. The van der Waals surface area contributed by atoms with Crippen LogP contribution in [-0.2, 0) is 10.0 Å². The Hall–Kier alpha value is -2.19. The van der Waals surface area contributed by atoms with Gasteiger partial charge in [0.15, 0.2) is 0 Å². The molecule has 1 heterocycles. The Balaban J connectivity index is 2.19. The summed E-state index contributed by atoms with van der Waals surface area (Å²) in [6, 6.07) is 7.89. The fourth-order valence-electron chi connectivity index (χ4n) is 2.62. The molecule has 0 aliphatic carbocycles. The number of sulfonamides is 1. The molecule has 0 saturated heterocycles. The van der Waals surface area contributed by atoms with E-state index in [1.165, 1.54) is 28.6 Å². The molecule has 0 fully saturated rings. The number of nitrogens with one attached hydrogen (secondary N) is 1. The summed E-state index contributed by atoms with van der Waals surface area (Å²) in [7, 11) is -3.53. The minimum absolute atomic E-state index is 0.168. The third-order valence-corrected chi connectivity index (χ3v) is 6.44. The van der Waals surface area contributed by atoms with E-state index in [1.54, 1.807) is 30.8 Å². The average Bonchev–Trinajstić information content (AvgIpc) is 3.10. The van der Waals surface area contributed by atoms with Gasteiger partial charge in [-0.2, -0.15) is 9.40 Å². The number of nitrogens with zero attached hydrogens (tertiary/aromatic N) is 3. The van der Waals surface area contributed by atoms with E-state index in [9.17, 15) is 13.2 Å². The van der Waals surface area contributed by atoms with Crippen LogP contribution in [0.3, 0.4) is 0 Å². The highest BCUT2D eigenvalue weighted by molar-refractivity contribution is 7.89. The highest BCUT2D eigenvalue weighted by atomic mass is 32.2. The summed E-state index contributed by atoms with van der Waals surface area (Å²) in [6.07, 6.45) is 2.53. The summed E-state index contributed by atoms with van der Waals surface area (Å²) in [5, 5.41) is 7.06. The van der Waals surface area contributed by atoms with Crippen molar-refractivity contribution >= 4 is 21.7 Å². The van der Waals surface area contributed by atoms with E-state index in [0.29, 0.717) is 24.5 Å². The molecular weight excluding hydrogens is 352 g/mol. The monoisotopic (exact) mass is 378 g/mol. The molecule has 8 heteroatoms. The van der Waals surface area contributed by atoms with E-state index >= 15 is 0 Å². The van der Waals surface area contributed by atoms with Crippen LogP contribution in [0.25, 0.3) is 0 Å². The summed E-state index contributed by atoms with van der Waals surface area (Å²) in [4.78, 5) is 12.7. The first-order valence-electron chi connectivity index (χ1n) is 8.80. The number of hydrogen-bond acceptors (Lipinski definition) is 4. The summed E-state index contributed by atoms with van der Waals surface area (Å²) in [5.41, 5.74) is 0.389. The minimum atomic E-state index is -3.53. The van der Waals surface area contributed by atoms with Crippen molar-refractivity contribution in [1.82, 2.24) is 14.1 Å². The molecule has 0 aliphatic heterocycles. The van der Waals surface area contributed by atoms with Crippen LogP contribution >= 0.6 is 0 Å². The molecule has 1 amide bonds. The predicted octanol–water partition coefficient (Wildman–Crippen LogP) is 3.14. The fraction of sp³-hybridized carbons (Fsp3) is 0.444. The molecule has 1 atom stereocenters. The highest BCUT2D eigenvalue weighted by Gasteiger charge is 2.22. The molecule has 1 unspecified atom stereocenters. The predicted molar refractivity (Wildman–Crippen MR) is 102 cm³/mol. The first-order chi connectivity index (χ1) is 12.3. The standard InChI is InChI=1S/C18H26N4O3S/c1-5-14(4)22-17(12-13-19-22)20-18(23)15-8-10-16(11-9-15)26(24,25)21(6-2)7-3/h8-14H,5-7H2,1-4H3,(H,20,23). The molecule has 0 bridgehead atoms. The largest absolute Gasteiger partial charge is 0.307 e. The molecule has 0 spiro atoms. The van der Waals surface area contributed by atoms with Crippen LogP contribution < -0.4 is 5.32 Å². The molecule has 1 aromatic carbocycles. The lowest BCUT2D eigenvalue weighted by molar-refractivity contribution is 0.102. The molecule has 1 N–H and O–H groups in total. The van der Waals surface area contributed by atoms with Crippen LogP contribution in [0.4, 0.5) is 5.82 Å². The van der Waals surface area contributed by atoms with Gasteiger partial charge in [-0.25, -0.2) is 13.1 Å². The van der Waals surface area contributed by atoms with E-state index in [1.807, 2.05) is 13.8 Å². The van der Waals surface area contributed by atoms with Gasteiger partial charge in [-0.3, -0.25) is 4.79 Å². The zero-order chi connectivity index (χ0) is 19.3. The quantitative estimate of drug-likeness (QED) is 0.765. The third-order valence-electron chi connectivity index (χ3n) is 4.38. The first-order valence-corrected chi connectivity index (χ1v) is 10.2. The molecule has 0 radical (unpaired) electrons. The van der Waals surface area contributed by atoms with Gasteiger partial charge in [-0.05, 0) is 37.6 Å². The molecule has 2 aromatic rings. The molecule has 2 rings (SSSR count). The topological polar surface area (TPSA) is 84.3 Å². The zero-order valence-corrected chi connectivity index (χ0v) is 16.5. The Bertz CT molecular complexity index is 840. The van der Waals surface area contributed by atoms with Gasteiger partial charge in [0.05, 0.1) is 17.1 Å². The number of amides is 1.